The number of anilines is 3. The summed E-state index contributed by atoms with van der Waals surface area (Å²) in [5.41, 5.74) is -0.841. The standard InChI is InChI=1S/C25H21F4N7O2/c26-17-8-14(16-11-30-23(31-12-16)34-20-13-36-7-1-2-21(36)32-20)3-4-15(17)9-22(37)33-19-10-18(38-35-19)24(5-6-24)25(27,28)29/h3-4,8,10-13H,1-2,5-7,9H2,(H,30,31,34)(H,33,35,37). The molecular formula is C25H21F4N7O2. The van der Waals surface area contributed by atoms with E-state index in [9.17, 15) is 22.4 Å². The number of rotatable bonds is 7. The van der Waals surface area contributed by atoms with Crippen molar-refractivity contribution in [3.05, 3.63) is 65.8 Å². The number of aryl methyl sites for hydroxylation is 2. The number of alkyl halides is 3. The number of hydrogen-bond donors (Lipinski definition) is 2. The second-order valence-electron chi connectivity index (χ2n) is 9.45. The van der Waals surface area contributed by atoms with Crippen LogP contribution in [0, 0.1) is 5.82 Å². The molecule has 9 nitrogen and oxygen atoms in total. The minimum absolute atomic E-state index is 0.0901. The predicted molar refractivity (Wildman–Crippen MR) is 127 cm³/mol. The van der Waals surface area contributed by atoms with Crippen LogP contribution in [0.15, 0.2) is 47.4 Å². The average molecular weight is 527 g/mol. The summed E-state index contributed by atoms with van der Waals surface area (Å²) in [6, 6.07) is 5.42. The minimum atomic E-state index is -4.46. The fourth-order valence-corrected chi connectivity index (χ4v) is 4.56. The summed E-state index contributed by atoms with van der Waals surface area (Å²) in [5.74, 6) is 0.289. The van der Waals surface area contributed by atoms with Crippen LogP contribution < -0.4 is 10.6 Å². The number of benzene rings is 1. The van der Waals surface area contributed by atoms with Gasteiger partial charge in [-0.15, -0.1) is 0 Å². The Morgan fingerprint density at radius 2 is 1.89 bits per heavy atom. The van der Waals surface area contributed by atoms with Crippen LogP contribution in [0.1, 0.15) is 36.4 Å². The lowest BCUT2D eigenvalue weighted by Crippen LogP contribution is -2.28. The highest BCUT2D eigenvalue weighted by atomic mass is 19.4. The van der Waals surface area contributed by atoms with E-state index in [1.165, 1.54) is 12.1 Å². The highest BCUT2D eigenvalue weighted by Crippen LogP contribution is 2.59. The zero-order valence-corrected chi connectivity index (χ0v) is 19.8. The quantitative estimate of drug-likeness (QED) is 0.328. The number of imidazole rings is 1. The highest BCUT2D eigenvalue weighted by molar-refractivity contribution is 5.91. The number of hydrogen-bond acceptors (Lipinski definition) is 7. The van der Waals surface area contributed by atoms with Crippen molar-refractivity contribution < 1.29 is 26.9 Å². The van der Waals surface area contributed by atoms with Gasteiger partial charge in [-0.05, 0) is 36.5 Å². The van der Waals surface area contributed by atoms with E-state index in [4.69, 9.17) is 4.52 Å². The summed E-state index contributed by atoms with van der Waals surface area (Å²) in [4.78, 5) is 25.4. The van der Waals surface area contributed by atoms with Crippen molar-refractivity contribution in [2.45, 2.75) is 50.2 Å². The molecule has 2 aliphatic rings. The first-order valence-corrected chi connectivity index (χ1v) is 12.0. The Bertz CT molecular complexity index is 1490. The number of amides is 1. The molecule has 1 aliphatic carbocycles. The molecule has 13 heteroatoms. The molecule has 0 atom stereocenters. The van der Waals surface area contributed by atoms with E-state index in [0.29, 0.717) is 22.9 Å². The topological polar surface area (TPSA) is 111 Å². The van der Waals surface area contributed by atoms with Crippen molar-refractivity contribution >= 4 is 23.5 Å². The average Bonchev–Trinajstić information content (AvgIpc) is 3.16. The van der Waals surface area contributed by atoms with Crippen molar-refractivity contribution in [1.29, 1.82) is 0 Å². The summed E-state index contributed by atoms with van der Waals surface area (Å²) < 4.78 is 61.4. The molecule has 4 heterocycles. The van der Waals surface area contributed by atoms with Crippen LogP contribution in [-0.2, 0) is 29.6 Å². The van der Waals surface area contributed by atoms with Gasteiger partial charge in [-0.1, -0.05) is 17.3 Å². The number of nitrogens with zero attached hydrogens (tertiary/aromatic N) is 5. The Kier molecular flexibility index (Phi) is 5.65. The molecule has 4 aromatic rings. The fraction of sp³-hybridized carbons (Fsp3) is 0.320. The van der Waals surface area contributed by atoms with Crippen molar-refractivity contribution in [2.75, 3.05) is 10.6 Å². The number of carbonyl (C=O) groups excluding carboxylic acids is 1. The van der Waals surface area contributed by atoms with Crippen LogP contribution in [0.5, 0.6) is 0 Å². The molecule has 1 amide bonds. The lowest BCUT2D eigenvalue weighted by Gasteiger charge is -2.14. The molecule has 0 unspecified atom stereocenters. The Labute approximate surface area is 213 Å². The molecule has 38 heavy (non-hydrogen) atoms. The summed E-state index contributed by atoms with van der Waals surface area (Å²) in [6.07, 6.45) is 2.06. The first-order chi connectivity index (χ1) is 18.2. The first-order valence-electron chi connectivity index (χ1n) is 12.0. The Hall–Kier alpha value is -4.29. The Morgan fingerprint density at radius 3 is 2.58 bits per heavy atom. The molecule has 0 bridgehead atoms. The first kappa shape index (κ1) is 24.1. The largest absolute Gasteiger partial charge is 0.401 e. The maximum atomic E-state index is 14.8. The molecule has 3 aromatic heterocycles. The van der Waals surface area contributed by atoms with Crippen molar-refractivity contribution in [1.82, 2.24) is 24.7 Å². The molecule has 1 saturated carbocycles. The van der Waals surface area contributed by atoms with Gasteiger partial charge >= 0.3 is 6.18 Å². The van der Waals surface area contributed by atoms with E-state index in [1.54, 1.807) is 18.5 Å². The van der Waals surface area contributed by atoms with Gasteiger partial charge in [0.2, 0.25) is 11.9 Å². The van der Waals surface area contributed by atoms with Crippen LogP contribution in [0.3, 0.4) is 0 Å². The zero-order valence-electron chi connectivity index (χ0n) is 19.8. The van der Waals surface area contributed by atoms with Crippen LogP contribution in [0.25, 0.3) is 11.1 Å². The monoisotopic (exact) mass is 527 g/mol. The van der Waals surface area contributed by atoms with Gasteiger partial charge in [0.25, 0.3) is 0 Å². The van der Waals surface area contributed by atoms with E-state index in [2.05, 4.69) is 35.3 Å². The van der Waals surface area contributed by atoms with Gasteiger partial charge in [-0.25, -0.2) is 19.3 Å². The van der Waals surface area contributed by atoms with Gasteiger partial charge in [0.05, 0.1) is 6.42 Å². The number of fused-ring (bicyclic) bond motifs is 1. The maximum Gasteiger partial charge on any atom is 0.401 e. The van der Waals surface area contributed by atoms with Gasteiger partial charge in [-0.3, -0.25) is 4.79 Å². The number of halogens is 4. The van der Waals surface area contributed by atoms with Crippen molar-refractivity contribution in [2.24, 2.45) is 0 Å². The lowest BCUT2D eigenvalue weighted by atomic mass is 10.0. The maximum absolute atomic E-state index is 14.8. The second kappa shape index (κ2) is 8.92. The molecule has 1 aromatic carbocycles. The van der Waals surface area contributed by atoms with Gasteiger partial charge in [-0.2, -0.15) is 13.2 Å². The van der Waals surface area contributed by atoms with E-state index in [-0.39, 0.29) is 36.4 Å². The van der Waals surface area contributed by atoms with Gasteiger partial charge in [0, 0.05) is 43.2 Å². The number of nitrogens with one attached hydrogen (secondary N) is 2. The van der Waals surface area contributed by atoms with Gasteiger partial charge < -0.3 is 19.7 Å². The summed E-state index contributed by atoms with van der Waals surface area (Å²) in [7, 11) is 0. The third kappa shape index (κ3) is 4.48. The Morgan fingerprint density at radius 1 is 1.11 bits per heavy atom. The summed E-state index contributed by atoms with van der Waals surface area (Å²) >= 11 is 0. The minimum Gasteiger partial charge on any atom is -0.358 e. The third-order valence-corrected chi connectivity index (χ3v) is 6.83. The lowest BCUT2D eigenvalue weighted by molar-refractivity contribution is -0.165. The zero-order chi connectivity index (χ0) is 26.5. The summed E-state index contributed by atoms with van der Waals surface area (Å²) in [5, 5.41) is 8.93. The molecule has 0 spiro atoms. The van der Waals surface area contributed by atoms with E-state index in [1.807, 2.05) is 6.20 Å². The van der Waals surface area contributed by atoms with E-state index in [0.717, 1.165) is 31.3 Å². The summed E-state index contributed by atoms with van der Waals surface area (Å²) in [6.45, 7) is 0.941. The molecule has 0 saturated heterocycles. The van der Waals surface area contributed by atoms with Crippen LogP contribution in [0.2, 0.25) is 0 Å². The number of carbonyl (C=O) groups is 1. The van der Waals surface area contributed by atoms with Crippen LogP contribution in [0.4, 0.5) is 35.1 Å². The third-order valence-electron chi connectivity index (χ3n) is 6.83. The smallest absolute Gasteiger partial charge is 0.358 e. The van der Waals surface area contributed by atoms with Gasteiger partial charge in [0.15, 0.2) is 17.4 Å². The van der Waals surface area contributed by atoms with Gasteiger partial charge in [0.1, 0.15) is 17.1 Å². The highest BCUT2D eigenvalue weighted by Gasteiger charge is 2.66. The molecule has 0 radical (unpaired) electrons. The van der Waals surface area contributed by atoms with E-state index >= 15 is 0 Å². The Balaban J connectivity index is 1.08. The van der Waals surface area contributed by atoms with Crippen molar-refractivity contribution in [3.63, 3.8) is 0 Å². The number of aromatic nitrogens is 5. The van der Waals surface area contributed by atoms with Crippen LogP contribution >= 0.6 is 0 Å². The second-order valence-corrected chi connectivity index (χ2v) is 9.45. The predicted octanol–water partition coefficient (Wildman–Crippen LogP) is 4.93. The van der Waals surface area contributed by atoms with Crippen LogP contribution in [-0.4, -0.2) is 36.8 Å². The molecule has 196 valence electrons. The fourth-order valence-electron chi connectivity index (χ4n) is 4.56. The SMILES string of the molecule is O=C(Cc1ccc(-c2cnc(Nc3cn4c(n3)CCC4)nc2)cc1F)Nc1cc(C2(C(F)(F)F)CC2)on1. The molecule has 1 fully saturated rings. The molecule has 1 aliphatic heterocycles. The molecule has 6 rings (SSSR count). The molecule has 2 N–H and O–H groups in total. The molecular weight excluding hydrogens is 506 g/mol. The van der Waals surface area contributed by atoms with Crippen molar-refractivity contribution in [3.8, 4) is 11.1 Å². The van der Waals surface area contributed by atoms with E-state index < -0.39 is 23.3 Å². The normalized spacial score (nSPS) is 15.8.